The minimum atomic E-state index is 0.915. The second kappa shape index (κ2) is 15.0. The summed E-state index contributed by atoms with van der Waals surface area (Å²) in [6.07, 6.45) is 7.81. The Kier molecular flexibility index (Phi) is 13.2. The first kappa shape index (κ1) is 22.9. The molecule has 1 aromatic carbocycles. The van der Waals surface area contributed by atoms with Crippen LogP contribution in [0.5, 0.6) is 0 Å². The fraction of sp³-hybridized carbons (Fsp3) is 0.652. The van der Waals surface area contributed by atoms with Crippen LogP contribution in [0.3, 0.4) is 0 Å². The Labute approximate surface area is 162 Å². The van der Waals surface area contributed by atoms with E-state index in [4.69, 9.17) is 4.74 Å². The molecular formula is C23H40N2O. The summed E-state index contributed by atoms with van der Waals surface area (Å²) in [5.74, 6) is 0. The van der Waals surface area contributed by atoms with Gasteiger partial charge in [0.1, 0.15) is 0 Å². The molecule has 1 saturated heterocycles. The Morgan fingerprint density at radius 2 is 1.54 bits per heavy atom. The molecule has 0 bridgehead atoms. The van der Waals surface area contributed by atoms with Crippen LogP contribution in [0.2, 0.25) is 0 Å². The van der Waals surface area contributed by atoms with Crippen molar-refractivity contribution in [3.05, 3.63) is 41.5 Å². The molecule has 0 radical (unpaired) electrons. The van der Waals surface area contributed by atoms with Crippen molar-refractivity contribution in [3.8, 4) is 0 Å². The van der Waals surface area contributed by atoms with E-state index < -0.39 is 0 Å². The van der Waals surface area contributed by atoms with Crippen molar-refractivity contribution in [1.82, 2.24) is 9.80 Å². The number of hydrogen-bond donors (Lipinski definition) is 0. The molecular weight excluding hydrogens is 320 g/mol. The number of benzene rings is 1. The van der Waals surface area contributed by atoms with Gasteiger partial charge in [-0.25, -0.2) is 0 Å². The van der Waals surface area contributed by atoms with Crippen molar-refractivity contribution < 1.29 is 4.74 Å². The Hall–Kier alpha value is -1.16. The fourth-order valence-electron chi connectivity index (χ4n) is 3.09. The molecule has 3 nitrogen and oxygen atoms in total. The maximum atomic E-state index is 5.65. The van der Waals surface area contributed by atoms with E-state index in [0.717, 1.165) is 26.2 Å². The van der Waals surface area contributed by atoms with Crippen LogP contribution in [0, 0.1) is 0 Å². The highest BCUT2D eigenvalue weighted by atomic mass is 16.5. The summed E-state index contributed by atoms with van der Waals surface area (Å²) < 4.78 is 5.65. The summed E-state index contributed by atoms with van der Waals surface area (Å²) in [7, 11) is 0. The van der Waals surface area contributed by atoms with Crippen molar-refractivity contribution in [1.29, 1.82) is 0 Å². The van der Waals surface area contributed by atoms with Crippen LogP contribution in [0.4, 0.5) is 0 Å². The third kappa shape index (κ3) is 9.51. The van der Waals surface area contributed by atoms with Gasteiger partial charge in [0, 0.05) is 52.5 Å². The zero-order valence-electron chi connectivity index (χ0n) is 17.5. The van der Waals surface area contributed by atoms with Crippen LogP contribution in [0.25, 0.3) is 6.08 Å². The molecule has 1 fully saturated rings. The maximum absolute atomic E-state index is 5.65. The number of allylic oxidation sites excluding steroid dienone is 1. The molecule has 148 valence electrons. The van der Waals surface area contributed by atoms with Crippen molar-refractivity contribution in [3.63, 3.8) is 0 Å². The minimum Gasteiger partial charge on any atom is -0.381 e. The highest BCUT2D eigenvalue weighted by Gasteiger charge is 2.16. The second-order valence-corrected chi connectivity index (χ2v) is 6.68. The average molecular weight is 361 g/mol. The van der Waals surface area contributed by atoms with Gasteiger partial charge in [-0.3, -0.25) is 4.90 Å². The smallest absolute Gasteiger partial charge is 0.0478 e. The summed E-state index contributed by atoms with van der Waals surface area (Å²) in [5.41, 5.74) is 2.70. The van der Waals surface area contributed by atoms with E-state index in [0.29, 0.717) is 0 Å². The molecule has 0 spiro atoms. The number of rotatable bonds is 10. The van der Waals surface area contributed by atoms with E-state index in [9.17, 15) is 0 Å². The Bertz CT molecular complexity index is 462. The summed E-state index contributed by atoms with van der Waals surface area (Å²) in [6, 6.07) is 8.94. The monoisotopic (exact) mass is 360 g/mol. The third-order valence-corrected chi connectivity index (χ3v) is 4.62. The number of nitrogens with zero attached hydrogens (tertiary/aromatic N) is 2. The van der Waals surface area contributed by atoms with Crippen LogP contribution in [0.1, 0.15) is 58.1 Å². The number of piperazine rings is 1. The molecule has 0 aliphatic carbocycles. The standard InChI is InChI=1S/C21H34N2O.C2H6/c1-3-5-17-24-18-6-12-22-13-15-23(16-14-22)19-21-10-8-20(7-4-2)9-11-21;1-2/h4,7-11H,3,5-6,12-19H2,1-2H3;1-2H3/b7-4-;. The zero-order valence-corrected chi connectivity index (χ0v) is 17.5. The lowest BCUT2D eigenvalue weighted by Gasteiger charge is -2.34. The molecule has 0 unspecified atom stereocenters. The van der Waals surface area contributed by atoms with E-state index in [2.05, 4.69) is 60.1 Å². The lowest BCUT2D eigenvalue weighted by Crippen LogP contribution is -2.46. The predicted octanol–water partition coefficient (Wildman–Crippen LogP) is 5.07. The Morgan fingerprint density at radius 1 is 0.923 bits per heavy atom. The fourth-order valence-corrected chi connectivity index (χ4v) is 3.09. The van der Waals surface area contributed by atoms with Gasteiger partial charge in [-0.2, -0.15) is 0 Å². The van der Waals surface area contributed by atoms with Gasteiger partial charge in [-0.1, -0.05) is 63.6 Å². The lowest BCUT2D eigenvalue weighted by atomic mass is 10.1. The molecule has 26 heavy (non-hydrogen) atoms. The molecule has 0 aromatic heterocycles. The third-order valence-electron chi connectivity index (χ3n) is 4.62. The molecule has 1 aliphatic heterocycles. The van der Waals surface area contributed by atoms with E-state index >= 15 is 0 Å². The van der Waals surface area contributed by atoms with Gasteiger partial charge in [-0.05, 0) is 30.9 Å². The SMILES string of the molecule is C/C=C\c1ccc(CN2CCN(CCCOCCCC)CC2)cc1.CC. The van der Waals surface area contributed by atoms with Crippen molar-refractivity contribution >= 4 is 6.08 Å². The van der Waals surface area contributed by atoms with Gasteiger partial charge in [0.15, 0.2) is 0 Å². The minimum absolute atomic E-state index is 0.915. The summed E-state index contributed by atoms with van der Waals surface area (Å²) in [6.45, 7) is 17.1. The summed E-state index contributed by atoms with van der Waals surface area (Å²) in [4.78, 5) is 5.15. The Balaban J connectivity index is 0.00000163. The van der Waals surface area contributed by atoms with Crippen molar-refractivity contribution in [2.45, 2.75) is 53.5 Å². The Morgan fingerprint density at radius 3 is 2.15 bits per heavy atom. The second-order valence-electron chi connectivity index (χ2n) is 6.68. The van der Waals surface area contributed by atoms with Gasteiger partial charge in [-0.15, -0.1) is 0 Å². The lowest BCUT2D eigenvalue weighted by molar-refractivity contribution is 0.0957. The highest BCUT2D eigenvalue weighted by molar-refractivity contribution is 5.49. The molecule has 0 saturated carbocycles. The van der Waals surface area contributed by atoms with Crippen LogP contribution >= 0.6 is 0 Å². The highest BCUT2D eigenvalue weighted by Crippen LogP contribution is 2.11. The van der Waals surface area contributed by atoms with Gasteiger partial charge in [0.05, 0.1) is 0 Å². The number of unbranched alkanes of at least 4 members (excludes halogenated alkanes) is 1. The number of hydrogen-bond acceptors (Lipinski definition) is 3. The van der Waals surface area contributed by atoms with E-state index in [1.165, 1.54) is 56.7 Å². The first-order valence-electron chi connectivity index (χ1n) is 10.6. The predicted molar refractivity (Wildman–Crippen MR) is 115 cm³/mol. The molecule has 1 aliphatic rings. The van der Waals surface area contributed by atoms with Crippen molar-refractivity contribution in [2.24, 2.45) is 0 Å². The van der Waals surface area contributed by atoms with E-state index in [1.54, 1.807) is 0 Å². The largest absolute Gasteiger partial charge is 0.381 e. The van der Waals surface area contributed by atoms with Crippen molar-refractivity contribution in [2.75, 3.05) is 45.9 Å². The van der Waals surface area contributed by atoms with Gasteiger partial charge in [0.25, 0.3) is 0 Å². The maximum Gasteiger partial charge on any atom is 0.0478 e. The molecule has 0 amide bonds. The molecule has 2 rings (SSSR count). The molecule has 1 aromatic rings. The summed E-state index contributed by atoms with van der Waals surface area (Å²) >= 11 is 0. The topological polar surface area (TPSA) is 15.7 Å². The normalized spacial score (nSPS) is 15.8. The quantitative estimate of drug-likeness (QED) is 0.542. The molecule has 3 heteroatoms. The van der Waals surface area contributed by atoms with E-state index in [1.807, 2.05) is 13.8 Å². The first-order valence-corrected chi connectivity index (χ1v) is 10.6. The average Bonchev–Trinajstić information content (AvgIpc) is 2.69. The summed E-state index contributed by atoms with van der Waals surface area (Å²) in [5, 5.41) is 0. The van der Waals surface area contributed by atoms with Gasteiger partial charge >= 0.3 is 0 Å². The first-order chi connectivity index (χ1) is 12.8. The zero-order chi connectivity index (χ0) is 19.0. The van der Waals surface area contributed by atoms with Gasteiger partial charge in [0.2, 0.25) is 0 Å². The van der Waals surface area contributed by atoms with E-state index in [-0.39, 0.29) is 0 Å². The van der Waals surface area contributed by atoms with Crippen LogP contribution < -0.4 is 0 Å². The molecule has 0 N–H and O–H groups in total. The van der Waals surface area contributed by atoms with Crippen LogP contribution in [-0.4, -0.2) is 55.7 Å². The van der Waals surface area contributed by atoms with Crippen LogP contribution in [0.15, 0.2) is 30.3 Å². The number of ether oxygens (including phenoxy) is 1. The molecule has 1 heterocycles. The molecule has 0 atom stereocenters. The van der Waals surface area contributed by atoms with Crippen LogP contribution in [-0.2, 0) is 11.3 Å². The van der Waals surface area contributed by atoms with Gasteiger partial charge < -0.3 is 9.64 Å².